The van der Waals surface area contributed by atoms with Crippen LogP contribution in [-0.2, 0) is 0 Å². The summed E-state index contributed by atoms with van der Waals surface area (Å²) in [5, 5.41) is 6.97. The highest BCUT2D eigenvalue weighted by atomic mass is 16.2. The lowest BCUT2D eigenvalue weighted by Crippen LogP contribution is -2.32. The SMILES string of the molecule is O=C(Nc1cnn2cccnc12)N1CCCC1. The summed E-state index contributed by atoms with van der Waals surface area (Å²) in [5.74, 6) is 0. The topological polar surface area (TPSA) is 62.5 Å². The number of likely N-dealkylation sites (tertiary alicyclic amines) is 1. The van der Waals surface area contributed by atoms with E-state index in [9.17, 15) is 4.79 Å². The molecule has 2 aromatic rings. The second-order valence-corrected chi connectivity index (χ2v) is 4.07. The quantitative estimate of drug-likeness (QED) is 0.806. The van der Waals surface area contributed by atoms with Gasteiger partial charge in [-0.25, -0.2) is 14.3 Å². The van der Waals surface area contributed by atoms with Crippen molar-refractivity contribution in [1.82, 2.24) is 19.5 Å². The van der Waals surface area contributed by atoms with Gasteiger partial charge in [-0.15, -0.1) is 0 Å². The fraction of sp³-hybridized carbons (Fsp3) is 0.364. The third-order valence-electron chi connectivity index (χ3n) is 2.91. The number of nitrogens with zero attached hydrogens (tertiary/aromatic N) is 4. The molecule has 1 saturated heterocycles. The van der Waals surface area contributed by atoms with E-state index in [0.29, 0.717) is 11.3 Å². The zero-order valence-electron chi connectivity index (χ0n) is 9.33. The van der Waals surface area contributed by atoms with Crippen LogP contribution in [0.25, 0.3) is 5.65 Å². The van der Waals surface area contributed by atoms with Crippen molar-refractivity contribution in [1.29, 1.82) is 0 Å². The van der Waals surface area contributed by atoms with E-state index in [0.717, 1.165) is 25.9 Å². The molecule has 2 aromatic heterocycles. The fourth-order valence-corrected chi connectivity index (χ4v) is 2.03. The Morgan fingerprint density at radius 3 is 3.00 bits per heavy atom. The predicted octanol–water partition coefficient (Wildman–Crippen LogP) is 1.36. The molecular formula is C11H13N5O. The van der Waals surface area contributed by atoms with Crippen LogP contribution in [0.5, 0.6) is 0 Å². The highest BCUT2D eigenvalue weighted by Crippen LogP contribution is 2.15. The number of carbonyl (C=O) groups excluding carboxylic acids is 1. The Bertz CT molecular complexity index is 544. The molecule has 88 valence electrons. The van der Waals surface area contributed by atoms with Gasteiger partial charge in [-0.3, -0.25) is 0 Å². The number of nitrogens with one attached hydrogen (secondary N) is 1. The number of anilines is 1. The van der Waals surface area contributed by atoms with Gasteiger partial charge in [0.2, 0.25) is 0 Å². The Labute approximate surface area is 98.2 Å². The zero-order chi connectivity index (χ0) is 11.7. The monoisotopic (exact) mass is 231 g/mol. The van der Waals surface area contributed by atoms with Crippen molar-refractivity contribution in [3.63, 3.8) is 0 Å². The van der Waals surface area contributed by atoms with Crippen molar-refractivity contribution in [2.24, 2.45) is 0 Å². The van der Waals surface area contributed by atoms with Crippen molar-refractivity contribution in [2.45, 2.75) is 12.8 Å². The van der Waals surface area contributed by atoms with Gasteiger partial charge in [0.05, 0.1) is 6.20 Å². The standard InChI is InChI=1S/C11H13N5O/c17-11(15-5-1-2-6-15)14-9-8-13-16-7-3-4-12-10(9)16/h3-4,7-8H,1-2,5-6H2,(H,14,17). The van der Waals surface area contributed by atoms with Crippen molar-refractivity contribution < 1.29 is 4.79 Å². The van der Waals surface area contributed by atoms with Crippen molar-refractivity contribution >= 4 is 17.4 Å². The van der Waals surface area contributed by atoms with Gasteiger partial charge in [0.1, 0.15) is 5.69 Å². The van der Waals surface area contributed by atoms with Crippen LogP contribution in [0.1, 0.15) is 12.8 Å². The lowest BCUT2D eigenvalue weighted by Gasteiger charge is -2.15. The van der Waals surface area contributed by atoms with Gasteiger partial charge in [0, 0.05) is 25.5 Å². The molecule has 2 amide bonds. The van der Waals surface area contributed by atoms with E-state index in [1.54, 1.807) is 29.2 Å². The summed E-state index contributed by atoms with van der Waals surface area (Å²) in [6.07, 6.45) is 7.27. The smallest absolute Gasteiger partial charge is 0.321 e. The first-order chi connectivity index (χ1) is 8.34. The normalized spacial score (nSPS) is 15.4. The summed E-state index contributed by atoms with van der Waals surface area (Å²) in [6, 6.07) is 1.73. The van der Waals surface area contributed by atoms with E-state index in [1.165, 1.54) is 0 Å². The summed E-state index contributed by atoms with van der Waals surface area (Å²) in [6.45, 7) is 1.66. The molecule has 0 aliphatic carbocycles. The van der Waals surface area contributed by atoms with Crippen LogP contribution in [0, 0.1) is 0 Å². The second-order valence-electron chi connectivity index (χ2n) is 4.07. The number of rotatable bonds is 1. The van der Waals surface area contributed by atoms with Crippen LogP contribution < -0.4 is 5.32 Å². The minimum Gasteiger partial charge on any atom is -0.325 e. The molecule has 17 heavy (non-hydrogen) atoms. The predicted molar refractivity (Wildman–Crippen MR) is 62.8 cm³/mol. The molecule has 0 radical (unpaired) electrons. The zero-order valence-corrected chi connectivity index (χ0v) is 9.33. The van der Waals surface area contributed by atoms with Gasteiger partial charge in [0.25, 0.3) is 0 Å². The van der Waals surface area contributed by atoms with Crippen molar-refractivity contribution in [2.75, 3.05) is 18.4 Å². The molecule has 6 nitrogen and oxygen atoms in total. The summed E-state index contributed by atoms with van der Waals surface area (Å²) in [4.78, 5) is 17.9. The number of hydrogen-bond acceptors (Lipinski definition) is 3. The first-order valence-corrected chi connectivity index (χ1v) is 5.69. The van der Waals surface area contributed by atoms with Gasteiger partial charge >= 0.3 is 6.03 Å². The molecule has 0 atom stereocenters. The molecular weight excluding hydrogens is 218 g/mol. The van der Waals surface area contributed by atoms with Crippen molar-refractivity contribution in [3.8, 4) is 0 Å². The van der Waals surface area contributed by atoms with Crippen LogP contribution in [-0.4, -0.2) is 38.6 Å². The summed E-state index contributed by atoms with van der Waals surface area (Å²) in [5.41, 5.74) is 1.32. The van der Waals surface area contributed by atoms with Crippen LogP contribution in [0.3, 0.4) is 0 Å². The number of amides is 2. The third-order valence-corrected chi connectivity index (χ3v) is 2.91. The molecule has 3 rings (SSSR count). The average molecular weight is 231 g/mol. The Hall–Kier alpha value is -2.11. The highest BCUT2D eigenvalue weighted by molar-refractivity contribution is 5.93. The molecule has 0 aromatic carbocycles. The molecule has 1 fully saturated rings. The maximum atomic E-state index is 11.9. The Morgan fingerprint density at radius 2 is 2.18 bits per heavy atom. The maximum absolute atomic E-state index is 11.9. The van der Waals surface area contributed by atoms with Crippen LogP contribution in [0.15, 0.2) is 24.7 Å². The van der Waals surface area contributed by atoms with Crippen LogP contribution >= 0.6 is 0 Å². The van der Waals surface area contributed by atoms with Gasteiger partial charge < -0.3 is 10.2 Å². The van der Waals surface area contributed by atoms with Gasteiger partial charge in [-0.05, 0) is 18.9 Å². The van der Waals surface area contributed by atoms with E-state index in [-0.39, 0.29) is 6.03 Å². The molecule has 1 N–H and O–H groups in total. The number of hydrogen-bond donors (Lipinski definition) is 1. The molecule has 0 saturated carbocycles. The molecule has 1 aliphatic heterocycles. The van der Waals surface area contributed by atoms with E-state index in [1.807, 2.05) is 4.90 Å². The van der Waals surface area contributed by atoms with E-state index in [4.69, 9.17) is 0 Å². The molecule has 3 heterocycles. The Kier molecular flexibility index (Phi) is 2.40. The molecule has 0 unspecified atom stereocenters. The number of carbonyl (C=O) groups is 1. The van der Waals surface area contributed by atoms with Crippen LogP contribution in [0.2, 0.25) is 0 Å². The third kappa shape index (κ3) is 1.82. The van der Waals surface area contributed by atoms with E-state index < -0.39 is 0 Å². The minimum absolute atomic E-state index is 0.0666. The van der Waals surface area contributed by atoms with Crippen LogP contribution in [0.4, 0.5) is 10.5 Å². The minimum atomic E-state index is -0.0666. The van der Waals surface area contributed by atoms with Crippen molar-refractivity contribution in [3.05, 3.63) is 24.7 Å². The van der Waals surface area contributed by atoms with Gasteiger partial charge in [-0.1, -0.05) is 0 Å². The molecule has 6 heteroatoms. The fourth-order valence-electron chi connectivity index (χ4n) is 2.03. The largest absolute Gasteiger partial charge is 0.325 e. The highest BCUT2D eigenvalue weighted by Gasteiger charge is 2.19. The summed E-state index contributed by atoms with van der Waals surface area (Å²) < 4.78 is 1.64. The summed E-state index contributed by atoms with van der Waals surface area (Å²) in [7, 11) is 0. The number of urea groups is 1. The first kappa shape index (κ1) is 10.1. The van der Waals surface area contributed by atoms with E-state index >= 15 is 0 Å². The Balaban J connectivity index is 1.82. The Morgan fingerprint density at radius 1 is 1.35 bits per heavy atom. The molecule has 0 bridgehead atoms. The molecule has 0 spiro atoms. The summed E-state index contributed by atoms with van der Waals surface area (Å²) >= 11 is 0. The molecule has 1 aliphatic rings. The first-order valence-electron chi connectivity index (χ1n) is 5.69. The lowest BCUT2D eigenvalue weighted by atomic mass is 10.4. The maximum Gasteiger partial charge on any atom is 0.321 e. The average Bonchev–Trinajstić information content (AvgIpc) is 2.98. The van der Waals surface area contributed by atoms with E-state index in [2.05, 4.69) is 15.4 Å². The number of fused-ring (bicyclic) bond motifs is 1. The lowest BCUT2D eigenvalue weighted by molar-refractivity contribution is 0.222. The van der Waals surface area contributed by atoms with Gasteiger partial charge in [0.15, 0.2) is 5.65 Å². The second kappa shape index (κ2) is 4.04. The van der Waals surface area contributed by atoms with Gasteiger partial charge in [-0.2, -0.15) is 5.10 Å². The number of aromatic nitrogens is 3.